The van der Waals surface area contributed by atoms with Crippen molar-refractivity contribution in [2.45, 2.75) is 32.4 Å². The molecule has 7 heteroatoms. The van der Waals surface area contributed by atoms with Crippen LogP contribution in [0.3, 0.4) is 0 Å². The summed E-state index contributed by atoms with van der Waals surface area (Å²) in [7, 11) is 1.66. The van der Waals surface area contributed by atoms with Crippen molar-refractivity contribution < 1.29 is 14.0 Å². The molecule has 0 spiro atoms. The molecule has 4 rings (SSSR count). The minimum Gasteiger partial charge on any atom is -0.497 e. The number of tetrazole rings is 1. The van der Waals surface area contributed by atoms with Gasteiger partial charge in [0.15, 0.2) is 6.04 Å². The average molecular weight is 396 g/mol. The summed E-state index contributed by atoms with van der Waals surface area (Å²) >= 11 is 0. The molecular weight excluding hydrogens is 369 g/mol. The van der Waals surface area contributed by atoms with Gasteiger partial charge in [-0.2, -0.15) is 0 Å². The molecule has 152 valence electrons. The molecule has 6 nitrogen and oxygen atoms in total. The van der Waals surface area contributed by atoms with Crippen molar-refractivity contribution >= 4 is 0 Å². The minimum atomic E-state index is -0.229. The van der Waals surface area contributed by atoms with Crippen LogP contribution in [0.4, 0.5) is 4.39 Å². The molecular formula is C22H27FN5O+. The van der Waals surface area contributed by atoms with E-state index in [1.807, 2.05) is 41.1 Å². The van der Waals surface area contributed by atoms with Crippen LogP contribution in [-0.4, -0.2) is 40.4 Å². The lowest BCUT2D eigenvalue weighted by atomic mass is 9.95. The van der Waals surface area contributed by atoms with Crippen molar-refractivity contribution in [3.63, 3.8) is 0 Å². The zero-order valence-corrected chi connectivity index (χ0v) is 16.9. The Balaban J connectivity index is 1.65. The van der Waals surface area contributed by atoms with Gasteiger partial charge >= 0.3 is 0 Å². The Bertz CT molecular complexity index is 917. The van der Waals surface area contributed by atoms with E-state index >= 15 is 0 Å². The second-order valence-corrected chi connectivity index (χ2v) is 7.87. The topological polar surface area (TPSA) is 57.3 Å². The summed E-state index contributed by atoms with van der Waals surface area (Å²) in [6, 6.07) is 14.7. The third-order valence-corrected chi connectivity index (χ3v) is 5.84. The first-order chi connectivity index (χ1) is 14.1. The third kappa shape index (κ3) is 4.45. The molecule has 0 radical (unpaired) electrons. The number of nitrogens with one attached hydrogen (secondary N) is 1. The highest BCUT2D eigenvalue weighted by Crippen LogP contribution is 2.21. The van der Waals surface area contributed by atoms with Crippen molar-refractivity contribution in [3.8, 4) is 5.75 Å². The summed E-state index contributed by atoms with van der Waals surface area (Å²) in [5, 5.41) is 12.6. The molecule has 1 N–H and O–H groups in total. The van der Waals surface area contributed by atoms with Gasteiger partial charge in [0.25, 0.3) is 0 Å². The second-order valence-electron chi connectivity index (χ2n) is 7.87. The summed E-state index contributed by atoms with van der Waals surface area (Å²) < 4.78 is 20.7. The number of benzene rings is 2. The van der Waals surface area contributed by atoms with E-state index in [1.54, 1.807) is 7.11 Å². The molecule has 0 unspecified atom stereocenters. The number of hydrogen-bond donors (Lipinski definition) is 1. The standard InChI is InChI=1S/C22H26FN5O/c1-16-11-13-27(14-12-16)21(18-5-7-19(23)8-6-18)22-24-25-26-28(22)15-17-3-9-20(29-2)10-4-17/h3-10,16,21H,11-15H2,1-2H3/p+1/t21-/m1/s1. The summed E-state index contributed by atoms with van der Waals surface area (Å²) in [4.78, 5) is 1.43. The van der Waals surface area contributed by atoms with Crippen LogP contribution >= 0.6 is 0 Å². The van der Waals surface area contributed by atoms with E-state index in [9.17, 15) is 4.39 Å². The number of nitrogens with zero attached hydrogens (tertiary/aromatic N) is 4. The summed E-state index contributed by atoms with van der Waals surface area (Å²) in [5.74, 6) is 2.15. The Kier molecular flexibility index (Phi) is 5.85. The fourth-order valence-electron chi connectivity index (χ4n) is 4.08. The molecule has 0 saturated carbocycles. The maximum absolute atomic E-state index is 13.6. The van der Waals surface area contributed by atoms with Gasteiger partial charge in [-0.3, -0.25) is 0 Å². The highest BCUT2D eigenvalue weighted by atomic mass is 19.1. The fraction of sp³-hybridized carbons (Fsp3) is 0.409. The Morgan fingerprint density at radius 1 is 1.10 bits per heavy atom. The summed E-state index contributed by atoms with van der Waals surface area (Å²) in [6.07, 6.45) is 2.35. The molecule has 0 bridgehead atoms. The highest BCUT2D eigenvalue weighted by molar-refractivity contribution is 5.28. The smallest absolute Gasteiger partial charge is 0.214 e. The molecule has 2 aromatic carbocycles. The van der Waals surface area contributed by atoms with E-state index in [0.717, 1.165) is 41.7 Å². The van der Waals surface area contributed by atoms with Gasteiger partial charge in [0, 0.05) is 5.56 Å². The molecule has 1 aromatic heterocycles. The molecule has 1 saturated heterocycles. The van der Waals surface area contributed by atoms with Gasteiger partial charge in [0.05, 0.1) is 26.7 Å². The third-order valence-electron chi connectivity index (χ3n) is 5.84. The first kappa shape index (κ1) is 19.5. The van der Waals surface area contributed by atoms with E-state index in [2.05, 4.69) is 22.4 Å². The van der Waals surface area contributed by atoms with Crippen molar-refractivity contribution in [2.24, 2.45) is 5.92 Å². The molecule has 0 aliphatic carbocycles. The van der Waals surface area contributed by atoms with E-state index in [1.165, 1.54) is 29.9 Å². The highest BCUT2D eigenvalue weighted by Gasteiger charge is 2.33. The molecule has 1 aliphatic rings. The number of halogens is 1. The summed E-state index contributed by atoms with van der Waals surface area (Å²) in [6.45, 7) is 4.99. The number of likely N-dealkylation sites (tertiary alicyclic amines) is 1. The van der Waals surface area contributed by atoms with Crippen molar-refractivity contribution in [2.75, 3.05) is 20.2 Å². The van der Waals surface area contributed by atoms with Crippen LogP contribution in [0.1, 0.15) is 42.8 Å². The maximum Gasteiger partial charge on any atom is 0.214 e. The number of rotatable bonds is 6. The van der Waals surface area contributed by atoms with Crippen LogP contribution in [0.25, 0.3) is 0 Å². The van der Waals surface area contributed by atoms with Crippen LogP contribution in [0.15, 0.2) is 48.5 Å². The largest absolute Gasteiger partial charge is 0.497 e. The van der Waals surface area contributed by atoms with E-state index in [4.69, 9.17) is 4.74 Å². The molecule has 29 heavy (non-hydrogen) atoms. The van der Waals surface area contributed by atoms with Gasteiger partial charge in [-0.05, 0) is 71.1 Å². The van der Waals surface area contributed by atoms with Gasteiger partial charge in [-0.15, -0.1) is 5.10 Å². The van der Waals surface area contributed by atoms with E-state index < -0.39 is 0 Å². The maximum atomic E-state index is 13.6. The van der Waals surface area contributed by atoms with Crippen molar-refractivity contribution in [1.82, 2.24) is 20.2 Å². The number of methoxy groups -OCH3 is 1. The van der Waals surface area contributed by atoms with Gasteiger partial charge in [0.2, 0.25) is 5.82 Å². The number of ether oxygens (including phenoxy) is 1. The number of hydrogen-bond acceptors (Lipinski definition) is 4. The molecule has 3 aromatic rings. The molecule has 1 atom stereocenters. The first-order valence-electron chi connectivity index (χ1n) is 10.1. The fourth-order valence-corrected chi connectivity index (χ4v) is 4.08. The van der Waals surface area contributed by atoms with Gasteiger partial charge < -0.3 is 9.64 Å². The van der Waals surface area contributed by atoms with Crippen molar-refractivity contribution in [3.05, 3.63) is 71.3 Å². The lowest BCUT2D eigenvalue weighted by molar-refractivity contribution is -0.932. The number of piperidine rings is 1. The molecule has 1 aliphatic heterocycles. The molecule has 2 heterocycles. The first-order valence-corrected chi connectivity index (χ1v) is 10.1. The monoisotopic (exact) mass is 396 g/mol. The Morgan fingerprint density at radius 2 is 1.79 bits per heavy atom. The van der Waals surface area contributed by atoms with Crippen LogP contribution in [0.5, 0.6) is 5.75 Å². The quantitative estimate of drug-likeness (QED) is 0.695. The Morgan fingerprint density at radius 3 is 2.45 bits per heavy atom. The predicted molar refractivity (Wildman–Crippen MR) is 107 cm³/mol. The zero-order valence-electron chi connectivity index (χ0n) is 16.9. The molecule has 0 amide bonds. The van der Waals surface area contributed by atoms with E-state index in [-0.39, 0.29) is 11.9 Å². The van der Waals surface area contributed by atoms with Gasteiger partial charge in [0.1, 0.15) is 11.6 Å². The lowest BCUT2D eigenvalue weighted by Crippen LogP contribution is -3.13. The normalized spacial score (nSPS) is 20.4. The number of quaternary nitrogens is 1. The predicted octanol–water partition coefficient (Wildman–Crippen LogP) is 2.27. The van der Waals surface area contributed by atoms with Crippen LogP contribution in [0.2, 0.25) is 0 Å². The van der Waals surface area contributed by atoms with Crippen LogP contribution in [-0.2, 0) is 6.54 Å². The second kappa shape index (κ2) is 8.69. The summed E-state index contributed by atoms with van der Waals surface area (Å²) in [5.41, 5.74) is 2.14. The van der Waals surface area contributed by atoms with Gasteiger partial charge in [-0.25, -0.2) is 9.07 Å². The lowest BCUT2D eigenvalue weighted by Gasteiger charge is -2.33. The van der Waals surface area contributed by atoms with Crippen LogP contribution < -0.4 is 9.64 Å². The van der Waals surface area contributed by atoms with Gasteiger partial charge in [-0.1, -0.05) is 19.1 Å². The zero-order chi connectivity index (χ0) is 20.2. The Hall–Kier alpha value is -2.80. The van der Waals surface area contributed by atoms with Crippen molar-refractivity contribution in [1.29, 1.82) is 0 Å². The minimum absolute atomic E-state index is 0.0173. The van der Waals surface area contributed by atoms with E-state index in [0.29, 0.717) is 6.54 Å². The SMILES string of the molecule is COc1ccc(Cn2nnnc2[C@@H](c2ccc(F)cc2)[NH+]2CCC(C)CC2)cc1. The molecule has 1 fully saturated rings. The van der Waals surface area contributed by atoms with Crippen LogP contribution in [0, 0.1) is 11.7 Å². The number of aromatic nitrogens is 4. The average Bonchev–Trinajstić information content (AvgIpc) is 3.19. The Labute approximate surface area is 170 Å².